The molecule has 1 aromatic rings. The summed E-state index contributed by atoms with van der Waals surface area (Å²) in [6.45, 7) is 0. The Morgan fingerprint density at radius 1 is 1.19 bits per heavy atom. The van der Waals surface area contributed by atoms with E-state index in [1.165, 1.54) is 4.90 Å². The van der Waals surface area contributed by atoms with Crippen molar-refractivity contribution in [2.75, 3.05) is 5.75 Å². The van der Waals surface area contributed by atoms with Gasteiger partial charge in [0, 0.05) is 10.6 Å². The molecule has 0 radical (unpaired) electrons. The maximum atomic E-state index is 12.3. The number of thioether (sulfide) groups is 1. The van der Waals surface area contributed by atoms with Crippen molar-refractivity contribution in [3.63, 3.8) is 0 Å². The van der Waals surface area contributed by atoms with Gasteiger partial charge < -0.3 is 15.2 Å². The second kappa shape index (κ2) is 6.07. The molecule has 6 heteroatoms. The van der Waals surface area contributed by atoms with Crippen LogP contribution in [0.1, 0.15) is 30.9 Å². The first-order chi connectivity index (χ1) is 10.1. The molecule has 1 unspecified atom stereocenters. The minimum atomic E-state index is -0.996. The van der Waals surface area contributed by atoms with Crippen LogP contribution in [0.2, 0.25) is 0 Å². The van der Waals surface area contributed by atoms with Gasteiger partial charge in [-0.1, -0.05) is 18.2 Å². The highest BCUT2D eigenvalue weighted by Gasteiger charge is 2.35. The van der Waals surface area contributed by atoms with Gasteiger partial charge in [-0.3, -0.25) is 4.79 Å². The number of fused-ring (bicyclic) bond motifs is 1. The first kappa shape index (κ1) is 14.4. The minimum Gasteiger partial charge on any atom is -0.479 e. The minimum absolute atomic E-state index is 0.0116. The third-order valence-electron chi connectivity index (χ3n) is 3.86. The summed E-state index contributed by atoms with van der Waals surface area (Å²) >= 11 is 1.80. The number of ether oxygens (including phenoxy) is 1. The number of hydrogen-bond donors (Lipinski definition) is 2. The molecule has 3 rings (SSSR count). The molecule has 0 aliphatic carbocycles. The highest BCUT2D eigenvalue weighted by molar-refractivity contribution is 7.99. The van der Waals surface area contributed by atoms with Crippen molar-refractivity contribution in [3.8, 4) is 0 Å². The molecule has 2 heterocycles. The maximum absolute atomic E-state index is 12.3. The van der Waals surface area contributed by atoms with Gasteiger partial charge >= 0.3 is 5.97 Å². The van der Waals surface area contributed by atoms with E-state index in [9.17, 15) is 9.59 Å². The van der Waals surface area contributed by atoms with Crippen LogP contribution in [0.15, 0.2) is 29.2 Å². The molecule has 1 saturated heterocycles. The number of carbonyl (C=O) groups excluding carboxylic acids is 1. The second-order valence-corrected chi connectivity index (χ2v) is 6.40. The van der Waals surface area contributed by atoms with Crippen LogP contribution in [0.5, 0.6) is 0 Å². The Balaban J connectivity index is 1.65. The van der Waals surface area contributed by atoms with E-state index in [2.05, 4.69) is 11.4 Å². The third kappa shape index (κ3) is 3.06. The number of nitrogens with one attached hydrogen (secondary N) is 1. The Bertz CT molecular complexity index is 562. The van der Waals surface area contributed by atoms with Gasteiger partial charge in [0.2, 0.25) is 5.91 Å². The van der Waals surface area contributed by atoms with Crippen LogP contribution < -0.4 is 5.32 Å². The Morgan fingerprint density at radius 3 is 2.71 bits per heavy atom. The zero-order valence-electron chi connectivity index (χ0n) is 11.5. The van der Waals surface area contributed by atoms with Gasteiger partial charge in [-0.05, 0) is 30.9 Å². The molecular weight excluding hydrogens is 290 g/mol. The van der Waals surface area contributed by atoms with E-state index in [4.69, 9.17) is 9.84 Å². The first-order valence-corrected chi connectivity index (χ1v) is 8.04. The lowest BCUT2D eigenvalue weighted by Crippen LogP contribution is -2.38. The van der Waals surface area contributed by atoms with Gasteiger partial charge in [0.15, 0.2) is 6.10 Å². The summed E-state index contributed by atoms with van der Waals surface area (Å²) in [6.07, 6.45) is 0.238. The van der Waals surface area contributed by atoms with Gasteiger partial charge in [0.1, 0.15) is 6.10 Å². The molecule has 1 aromatic carbocycles. The summed E-state index contributed by atoms with van der Waals surface area (Å²) in [7, 11) is 0. The average Bonchev–Trinajstić information content (AvgIpc) is 2.98. The summed E-state index contributed by atoms with van der Waals surface area (Å²) in [4.78, 5) is 24.3. The Hall–Kier alpha value is -1.53. The largest absolute Gasteiger partial charge is 0.479 e. The number of amides is 1. The van der Waals surface area contributed by atoms with Crippen LogP contribution in [-0.4, -0.2) is 34.9 Å². The molecule has 1 fully saturated rings. The van der Waals surface area contributed by atoms with Crippen LogP contribution in [0, 0.1) is 0 Å². The molecule has 0 bridgehead atoms. The molecule has 2 N–H and O–H groups in total. The summed E-state index contributed by atoms with van der Waals surface area (Å²) in [5.74, 6) is -0.235. The lowest BCUT2D eigenvalue weighted by Gasteiger charge is -2.26. The van der Waals surface area contributed by atoms with Crippen molar-refractivity contribution in [2.45, 2.75) is 42.4 Å². The fraction of sp³-hybridized carbons (Fsp3) is 0.467. The van der Waals surface area contributed by atoms with Gasteiger partial charge in [-0.25, -0.2) is 4.79 Å². The number of benzene rings is 1. The van der Waals surface area contributed by atoms with E-state index in [1.807, 2.05) is 18.2 Å². The third-order valence-corrected chi connectivity index (χ3v) is 4.99. The predicted octanol–water partition coefficient (Wildman–Crippen LogP) is 1.97. The number of hydrogen-bond acceptors (Lipinski definition) is 4. The number of carboxylic acid groups (broad SMARTS) is 1. The van der Waals surface area contributed by atoms with Crippen LogP contribution in [0.25, 0.3) is 0 Å². The van der Waals surface area contributed by atoms with E-state index < -0.39 is 18.2 Å². The van der Waals surface area contributed by atoms with Crippen LogP contribution in [-0.2, 0) is 14.3 Å². The standard InChI is InChI=1S/C15H17NO4S/c17-14(11-5-6-12(20-11)15(18)19)16-10-7-8-21-13-4-2-1-3-9(10)13/h1-4,10-12H,5-8H2,(H,16,17)(H,18,19)/t10?,11-,12+/m0/s1. The van der Waals surface area contributed by atoms with Crippen molar-refractivity contribution in [2.24, 2.45) is 0 Å². The van der Waals surface area contributed by atoms with Gasteiger partial charge in [0.25, 0.3) is 0 Å². The van der Waals surface area contributed by atoms with Crippen LogP contribution in [0.4, 0.5) is 0 Å². The Labute approximate surface area is 127 Å². The molecule has 1 amide bonds. The van der Waals surface area contributed by atoms with Gasteiger partial charge in [0.05, 0.1) is 6.04 Å². The molecule has 0 spiro atoms. The monoisotopic (exact) mass is 307 g/mol. The molecule has 3 atom stereocenters. The van der Waals surface area contributed by atoms with E-state index in [0.29, 0.717) is 12.8 Å². The zero-order valence-corrected chi connectivity index (χ0v) is 12.3. The molecule has 0 aromatic heterocycles. The van der Waals surface area contributed by atoms with E-state index >= 15 is 0 Å². The molecule has 2 aliphatic heterocycles. The highest BCUT2D eigenvalue weighted by atomic mass is 32.2. The molecular formula is C15H17NO4S. The topological polar surface area (TPSA) is 75.6 Å². The smallest absolute Gasteiger partial charge is 0.332 e. The number of rotatable bonds is 3. The molecule has 112 valence electrons. The summed E-state index contributed by atoms with van der Waals surface area (Å²) in [5, 5.41) is 11.9. The van der Waals surface area contributed by atoms with E-state index in [0.717, 1.165) is 17.7 Å². The van der Waals surface area contributed by atoms with Crippen molar-refractivity contribution in [1.29, 1.82) is 0 Å². The average molecular weight is 307 g/mol. The second-order valence-electron chi connectivity index (χ2n) is 5.27. The summed E-state index contributed by atoms with van der Waals surface area (Å²) < 4.78 is 5.30. The van der Waals surface area contributed by atoms with E-state index in [1.54, 1.807) is 11.8 Å². The fourth-order valence-corrected chi connectivity index (χ4v) is 3.89. The molecule has 0 saturated carbocycles. The Kier molecular flexibility index (Phi) is 4.17. The van der Waals surface area contributed by atoms with Gasteiger partial charge in [-0.2, -0.15) is 0 Å². The number of aliphatic carboxylic acids is 1. The fourth-order valence-electron chi connectivity index (χ4n) is 2.77. The van der Waals surface area contributed by atoms with Crippen LogP contribution >= 0.6 is 11.8 Å². The van der Waals surface area contributed by atoms with Crippen molar-refractivity contribution < 1.29 is 19.4 Å². The number of carbonyl (C=O) groups is 2. The van der Waals surface area contributed by atoms with Crippen molar-refractivity contribution in [1.82, 2.24) is 5.32 Å². The first-order valence-electron chi connectivity index (χ1n) is 7.05. The SMILES string of the molecule is O=C(NC1CCSc2ccccc21)[C@@H]1CC[C@H](C(=O)O)O1. The highest BCUT2D eigenvalue weighted by Crippen LogP contribution is 2.36. The molecule has 5 nitrogen and oxygen atoms in total. The Morgan fingerprint density at radius 2 is 1.95 bits per heavy atom. The maximum Gasteiger partial charge on any atom is 0.332 e. The van der Waals surface area contributed by atoms with E-state index in [-0.39, 0.29) is 11.9 Å². The lowest BCUT2D eigenvalue weighted by atomic mass is 10.0. The van der Waals surface area contributed by atoms with Crippen molar-refractivity contribution in [3.05, 3.63) is 29.8 Å². The molecule has 21 heavy (non-hydrogen) atoms. The van der Waals surface area contributed by atoms with Crippen molar-refractivity contribution >= 4 is 23.6 Å². The zero-order chi connectivity index (χ0) is 14.8. The lowest BCUT2D eigenvalue weighted by molar-refractivity contribution is -0.151. The predicted molar refractivity (Wildman–Crippen MR) is 78.2 cm³/mol. The van der Waals surface area contributed by atoms with Crippen LogP contribution in [0.3, 0.4) is 0 Å². The van der Waals surface area contributed by atoms with Gasteiger partial charge in [-0.15, -0.1) is 11.8 Å². The summed E-state index contributed by atoms with van der Waals surface area (Å²) in [6, 6.07) is 8.04. The summed E-state index contributed by atoms with van der Waals surface area (Å²) in [5.41, 5.74) is 1.13. The number of carboxylic acids is 1. The quantitative estimate of drug-likeness (QED) is 0.893. The molecule has 2 aliphatic rings. The normalized spacial score (nSPS) is 27.9.